The van der Waals surface area contributed by atoms with Crippen molar-refractivity contribution >= 4 is 30.6 Å². The van der Waals surface area contributed by atoms with E-state index in [-0.39, 0.29) is 17.4 Å². The van der Waals surface area contributed by atoms with Gasteiger partial charge < -0.3 is 9.16 Å². The average Bonchev–Trinajstić information content (AvgIpc) is 2.74. The van der Waals surface area contributed by atoms with Crippen molar-refractivity contribution in [1.29, 1.82) is 0 Å². The second-order valence-corrected chi connectivity index (χ2v) is 15.0. The summed E-state index contributed by atoms with van der Waals surface area (Å²) < 4.78 is 12.6. The smallest absolute Gasteiger partial charge is 0.410 e. The highest BCUT2D eigenvalue weighted by molar-refractivity contribution is 6.99. The Labute approximate surface area is 199 Å². The second kappa shape index (κ2) is 9.81. The predicted molar refractivity (Wildman–Crippen MR) is 135 cm³/mol. The van der Waals surface area contributed by atoms with E-state index in [1.165, 1.54) is 0 Å². The van der Waals surface area contributed by atoms with Crippen LogP contribution in [0.5, 0.6) is 0 Å². The van der Waals surface area contributed by atoms with Gasteiger partial charge in [-0.1, -0.05) is 81.4 Å². The largest absolute Gasteiger partial charge is 0.444 e. The van der Waals surface area contributed by atoms with E-state index in [9.17, 15) is 9.59 Å². The van der Waals surface area contributed by atoms with Crippen molar-refractivity contribution in [3.05, 3.63) is 60.7 Å². The van der Waals surface area contributed by atoms with Crippen LogP contribution in [0.3, 0.4) is 0 Å². The summed E-state index contributed by atoms with van der Waals surface area (Å²) in [6.45, 7) is 12.8. The van der Waals surface area contributed by atoms with E-state index in [4.69, 9.17) is 9.16 Å². The molecule has 2 aromatic rings. The number of ether oxygens (including phenoxy) is 1. The first-order valence-electron chi connectivity index (χ1n) is 11.7. The fourth-order valence-corrected chi connectivity index (χ4v) is 9.17. The van der Waals surface area contributed by atoms with Crippen molar-refractivity contribution in [3.63, 3.8) is 0 Å². The van der Waals surface area contributed by atoms with Crippen LogP contribution in [-0.4, -0.2) is 49.9 Å². The summed E-state index contributed by atoms with van der Waals surface area (Å²) in [6.07, 6.45) is 0.647. The minimum absolute atomic E-state index is 0.0324. The monoisotopic (exact) mass is 467 g/mol. The molecule has 0 saturated carbocycles. The Hall–Kier alpha value is -2.44. The molecule has 0 spiro atoms. The third-order valence-corrected chi connectivity index (χ3v) is 11.1. The van der Waals surface area contributed by atoms with E-state index in [1.807, 2.05) is 57.2 Å². The Bertz CT molecular complexity index is 908. The summed E-state index contributed by atoms with van der Waals surface area (Å²) in [5, 5.41) is 2.09. The zero-order chi connectivity index (χ0) is 24.3. The molecular formula is C27H37NO4Si. The number of hydrogen-bond acceptors (Lipinski definition) is 4. The summed E-state index contributed by atoms with van der Waals surface area (Å²) in [5.74, 6) is 0.0324. The van der Waals surface area contributed by atoms with Gasteiger partial charge in [-0.25, -0.2) is 4.79 Å². The van der Waals surface area contributed by atoms with Crippen LogP contribution in [0.1, 0.15) is 54.4 Å². The van der Waals surface area contributed by atoms with E-state index in [2.05, 4.69) is 45.0 Å². The van der Waals surface area contributed by atoms with Crippen LogP contribution in [0.2, 0.25) is 5.04 Å². The molecule has 3 rings (SSSR count). The molecule has 6 heteroatoms. The van der Waals surface area contributed by atoms with Crippen molar-refractivity contribution in [1.82, 2.24) is 4.90 Å². The van der Waals surface area contributed by atoms with Crippen LogP contribution in [0, 0.1) is 0 Å². The van der Waals surface area contributed by atoms with Gasteiger partial charge >= 0.3 is 6.09 Å². The summed E-state index contributed by atoms with van der Waals surface area (Å²) in [4.78, 5) is 27.5. The van der Waals surface area contributed by atoms with E-state index in [0.29, 0.717) is 19.4 Å². The molecule has 0 radical (unpaired) electrons. The highest BCUT2D eigenvalue weighted by atomic mass is 28.4. The van der Waals surface area contributed by atoms with Gasteiger partial charge in [0.05, 0.1) is 6.61 Å². The number of hydrogen-bond donors (Lipinski definition) is 0. The molecule has 0 aromatic heterocycles. The molecule has 1 aliphatic heterocycles. The van der Waals surface area contributed by atoms with Gasteiger partial charge in [-0.05, 0) is 42.6 Å². The minimum Gasteiger partial charge on any atom is -0.444 e. The lowest BCUT2D eigenvalue weighted by atomic mass is 10.0. The number of benzene rings is 2. The van der Waals surface area contributed by atoms with Gasteiger partial charge in [-0.15, -0.1) is 0 Å². The van der Waals surface area contributed by atoms with Crippen LogP contribution in [0.25, 0.3) is 0 Å². The molecule has 0 bridgehead atoms. The third kappa shape index (κ3) is 5.56. The van der Waals surface area contributed by atoms with Crippen molar-refractivity contribution in [2.75, 3.05) is 13.2 Å². The number of carbonyl (C=O) groups excluding carboxylic acids is 2. The van der Waals surface area contributed by atoms with Gasteiger partial charge in [0.25, 0.3) is 8.32 Å². The van der Waals surface area contributed by atoms with Crippen molar-refractivity contribution in [3.8, 4) is 0 Å². The topological polar surface area (TPSA) is 55.8 Å². The summed E-state index contributed by atoms with van der Waals surface area (Å²) in [7, 11) is -2.81. The number of piperidine rings is 1. The lowest BCUT2D eigenvalue weighted by Crippen LogP contribution is -2.68. The van der Waals surface area contributed by atoms with Gasteiger partial charge in [0.15, 0.2) is 5.78 Å². The Kier molecular flexibility index (Phi) is 7.49. The Balaban J connectivity index is 2.01. The molecule has 1 atom stereocenters. The number of amides is 1. The maximum absolute atomic E-state index is 13.0. The standard InChI is InChI=1S/C27H37NO4Si/c1-26(2,3)32-25(30)28-19-13-18-24(29)23(28)20-31-33(27(4,5)6,21-14-9-7-10-15-21)22-16-11-8-12-17-22/h7-12,14-17,23H,13,18-20H2,1-6H3/t23-/m1/s1. The minimum atomic E-state index is -2.81. The molecule has 33 heavy (non-hydrogen) atoms. The van der Waals surface area contributed by atoms with Crippen LogP contribution < -0.4 is 10.4 Å². The molecular weight excluding hydrogens is 430 g/mol. The first-order chi connectivity index (χ1) is 15.5. The van der Waals surface area contributed by atoms with Crippen LogP contribution in [0.4, 0.5) is 4.79 Å². The maximum atomic E-state index is 13.0. The summed E-state index contributed by atoms with van der Waals surface area (Å²) in [6, 6.07) is 20.0. The number of nitrogens with zero attached hydrogens (tertiary/aromatic N) is 1. The number of ketones is 1. The molecule has 0 aliphatic carbocycles. The molecule has 1 fully saturated rings. The molecule has 178 valence electrons. The van der Waals surface area contributed by atoms with Crippen molar-refractivity contribution < 1.29 is 18.8 Å². The Morgan fingerprint density at radius 2 is 1.45 bits per heavy atom. The van der Waals surface area contributed by atoms with Gasteiger partial charge in [-0.3, -0.25) is 9.69 Å². The van der Waals surface area contributed by atoms with Gasteiger partial charge in [-0.2, -0.15) is 0 Å². The van der Waals surface area contributed by atoms with E-state index < -0.39 is 26.1 Å². The lowest BCUT2D eigenvalue weighted by molar-refractivity contribution is -0.128. The van der Waals surface area contributed by atoms with Gasteiger partial charge in [0.2, 0.25) is 0 Å². The molecule has 1 amide bonds. The number of Topliss-reactive ketones (excluding diaryl/α,β-unsaturated/α-hetero) is 1. The lowest BCUT2D eigenvalue weighted by Gasteiger charge is -2.45. The van der Waals surface area contributed by atoms with Gasteiger partial charge in [0, 0.05) is 13.0 Å². The molecule has 2 aromatic carbocycles. The highest BCUT2D eigenvalue weighted by Gasteiger charge is 2.51. The van der Waals surface area contributed by atoms with E-state index in [0.717, 1.165) is 10.4 Å². The number of carbonyl (C=O) groups is 2. The van der Waals surface area contributed by atoms with Crippen molar-refractivity contribution in [2.24, 2.45) is 0 Å². The fourth-order valence-electron chi connectivity index (χ4n) is 4.61. The van der Waals surface area contributed by atoms with Crippen molar-refractivity contribution in [2.45, 2.75) is 71.1 Å². The second-order valence-electron chi connectivity index (χ2n) is 10.7. The number of rotatable bonds is 5. The van der Waals surface area contributed by atoms with E-state index in [1.54, 1.807) is 4.90 Å². The first-order valence-corrected chi connectivity index (χ1v) is 13.6. The Morgan fingerprint density at radius 1 is 0.939 bits per heavy atom. The van der Waals surface area contributed by atoms with Crippen LogP contribution in [-0.2, 0) is 14.0 Å². The zero-order valence-electron chi connectivity index (χ0n) is 20.8. The maximum Gasteiger partial charge on any atom is 0.410 e. The quantitative estimate of drug-likeness (QED) is 0.606. The Morgan fingerprint density at radius 3 is 1.91 bits per heavy atom. The van der Waals surface area contributed by atoms with Gasteiger partial charge in [0.1, 0.15) is 11.6 Å². The normalized spacial score (nSPS) is 17.7. The summed E-state index contributed by atoms with van der Waals surface area (Å²) in [5.41, 5.74) is -0.624. The predicted octanol–water partition coefficient (Wildman–Crippen LogP) is 4.53. The zero-order valence-corrected chi connectivity index (χ0v) is 21.8. The molecule has 0 unspecified atom stereocenters. The molecule has 0 N–H and O–H groups in total. The SMILES string of the molecule is CC(C)(C)OC(=O)N1CCCC(=O)[C@H]1CO[Si](c1ccccc1)(c1ccccc1)C(C)(C)C. The first kappa shape index (κ1) is 25.2. The molecule has 5 nitrogen and oxygen atoms in total. The molecule has 1 saturated heterocycles. The fraction of sp³-hybridized carbons (Fsp3) is 0.481. The highest BCUT2D eigenvalue weighted by Crippen LogP contribution is 2.37. The van der Waals surface area contributed by atoms with Crippen LogP contribution in [0.15, 0.2) is 60.7 Å². The summed E-state index contributed by atoms with van der Waals surface area (Å²) >= 11 is 0. The number of likely N-dealkylation sites (tertiary alicyclic amines) is 1. The molecule has 1 heterocycles. The molecule has 1 aliphatic rings. The van der Waals surface area contributed by atoms with Crippen LogP contribution >= 0.6 is 0 Å². The average molecular weight is 468 g/mol. The third-order valence-electron chi connectivity index (χ3n) is 6.07. The van der Waals surface area contributed by atoms with E-state index >= 15 is 0 Å².